The van der Waals surface area contributed by atoms with Crippen LogP contribution in [0.25, 0.3) is 0 Å². The van der Waals surface area contributed by atoms with Crippen molar-refractivity contribution in [3.05, 3.63) is 18.2 Å². The van der Waals surface area contributed by atoms with Crippen molar-refractivity contribution in [1.82, 2.24) is 4.31 Å². The highest BCUT2D eigenvalue weighted by atomic mass is 32.2. The first-order valence-corrected chi connectivity index (χ1v) is 11.5. The number of hydrogen-bond acceptors (Lipinski definition) is 4. The Morgan fingerprint density at radius 1 is 1.19 bits per heavy atom. The number of piperidine rings is 1. The van der Waals surface area contributed by atoms with Gasteiger partial charge in [0.2, 0.25) is 15.9 Å². The minimum absolute atomic E-state index is 0.00172. The summed E-state index contributed by atoms with van der Waals surface area (Å²) >= 11 is 0. The van der Waals surface area contributed by atoms with E-state index in [1.165, 1.54) is 10.7 Å². The molecule has 0 aromatic heterocycles. The fourth-order valence-corrected chi connectivity index (χ4v) is 5.30. The maximum atomic E-state index is 12.9. The summed E-state index contributed by atoms with van der Waals surface area (Å²) in [7, 11) is -3.56. The van der Waals surface area contributed by atoms with E-state index in [1.807, 2.05) is 19.9 Å². The molecular formula is C20H31N3O3S. The van der Waals surface area contributed by atoms with Gasteiger partial charge in [-0.05, 0) is 49.8 Å². The van der Waals surface area contributed by atoms with Gasteiger partial charge in [-0.15, -0.1) is 0 Å². The Morgan fingerprint density at radius 3 is 2.37 bits per heavy atom. The number of nitrogens with one attached hydrogen (secondary N) is 1. The van der Waals surface area contributed by atoms with Gasteiger partial charge in [0.15, 0.2) is 0 Å². The Morgan fingerprint density at radius 2 is 1.81 bits per heavy atom. The Kier molecular flexibility index (Phi) is 6.11. The van der Waals surface area contributed by atoms with Gasteiger partial charge in [0, 0.05) is 32.1 Å². The van der Waals surface area contributed by atoms with Crippen molar-refractivity contribution in [2.24, 2.45) is 11.8 Å². The lowest BCUT2D eigenvalue weighted by Gasteiger charge is -2.31. The number of sulfonamides is 1. The largest absolute Gasteiger partial charge is 0.370 e. The fraction of sp³-hybridized carbons (Fsp3) is 0.650. The molecule has 3 rings (SSSR count). The molecule has 1 aromatic carbocycles. The van der Waals surface area contributed by atoms with Gasteiger partial charge in [0.1, 0.15) is 0 Å². The van der Waals surface area contributed by atoms with Crippen LogP contribution in [0.3, 0.4) is 0 Å². The number of anilines is 2. The summed E-state index contributed by atoms with van der Waals surface area (Å²) < 4.78 is 27.3. The summed E-state index contributed by atoms with van der Waals surface area (Å²) in [4.78, 5) is 15.0. The lowest BCUT2D eigenvalue weighted by molar-refractivity contribution is -0.117. The van der Waals surface area contributed by atoms with Gasteiger partial charge in [-0.2, -0.15) is 4.31 Å². The van der Waals surface area contributed by atoms with Crippen LogP contribution in [0.4, 0.5) is 11.4 Å². The molecule has 1 aromatic rings. The van der Waals surface area contributed by atoms with Crippen LogP contribution in [0.1, 0.15) is 46.5 Å². The zero-order valence-corrected chi connectivity index (χ0v) is 17.4. The molecule has 0 radical (unpaired) electrons. The molecule has 1 amide bonds. The van der Waals surface area contributed by atoms with Gasteiger partial charge in [-0.1, -0.05) is 20.8 Å². The molecule has 1 saturated heterocycles. The van der Waals surface area contributed by atoms with Crippen molar-refractivity contribution < 1.29 is 13.2 Å². The number of nitrogens with zero attached hydrogens (tertiary/aromatic N) is 2. The van der Waals surface area contributed by atoms with Crippen molar-refractivity contribution in [3.8, 4) is 0 Å². The van der Waals surface area contributed by atoms with Crippen molar-refractivity contribution in [2.45, 2.75) is 51.3 Å². The van der Waals surface area contributed by atoms with E-state index in [0.29, 0.717) is 24.7 Å². The summed E-state index contributed by atoms with van der Waals surface area (Å²) in [5.41, 5.74) is 1.55. The quantitative estimate of drug-likeness (QED) is 0.772. The lowest BCUT2D eigenvalue weighted by Crippen LogP contribution is -2.32. The van der Waals surface area contributed by atoms with Crippen LogP contribution >= 0.6 is 0 Å². The van der Waals surface area contributed by atoms with Gasteiger partial charge in [0.05, 0.1) is 16.3 Å². The Balaban J connectivity index is 1.95. The zero-order valence-electron chi connectivity index (χ0n) is 16.6. The van der Waals surface area contributed by atoms with Crippen molar-refractivity contribution in [3.63, 3.8) is 0 Å². The first-order chi connectivity index (χ1) is 12.9. The van der Waals surface area contributed by atoms with E-state index in [4.69, 9.17) is 0 Å². The van der Waals surface area contributed by atoms with Gasteiger partial charge < -0.3 is 10.2 Å². The normalized spacial score (nSPS) is 22.7. The highest BCUT2D eigenvalue weighted by Gasteiger charge is 2.39. The molecule has 2 fully saturated rings. The highest BCUT2D eigenvalue weighted by molar-refractivity contribution is 7.89. The van der Waals surface area contributed by atoms with Crippen LogP contribution in [0.15, 0.2) is 23.1 Å². The maximum absolute atomic E-state index is 12.9. The Bertz CT molecular complexity index is 784. The molecule has 1 aliphatic heterocycles. The molecule has 1 heterocycles. The summed E-state index contributed by atoms with van der Waals surface area (Å²) in [6.07, 6.45) is 4.35. The van der Waals surface area contributed by atoms with Crippen LogP contribution < -0.4 is 10.2 Å². The molecule has 2 unspecified atom stereocenters. The molecule has 1 aliphatic carbocycles. The average Bonchev–Trinajstić information content (AvgIpc) is 3.40. The van der Waals surface area contributed by atoms with Crippen LogP contribution in [-0.2, 0) is 14.8 Å². The SMILES string of the molecule is CCN(CC)S(=O)(=O)c1ccc(N2CCCCC2)c(NC(=O)C2CC2C)c1. The maximum Gasteiger partial charge on any atom is 0.243 e. The molecule has 150 valence electrons. The Labute approximate surface area is 163 Å². The van der Waals surface area contributed by atoms with E-state index in [1.54, 1.807) is 12.1 Å². The minimum atomic E-state index is -3.56. The smallest absolute Gasteiger partial charge is 0.243 e. The van der Waals surface area contributed by atoms with Crippen molar-refractivity contribution >= 4 is 27.3 Å². The standard InChI is InChI=1S/C20H31N3O3S/c1-4-23(5-2)27(25,26)16-9-10-19(22-11-7-6-8-12-22)18(14-16)21-20(24)17-13-15(17)3/h9-10,14-15,17H,4-8,11-13H2,1-3H3,(H,21,24). The third-order valence-corrected chi connectivity index (χ3v) is 7.76. The van der Waals surface area contributed by atoms with E-state index in [0.717, 1.165) is 38.0 Å². The third-order valence-electron chi connectivity index (χ3n) is 5.71. The van der Waals surface area contributed by atoms with Gasteiger partial charge in [-0.3, -0.25) is 4.79 Å². The highest BCUT2D eigenvalue weighted by Crippen LogP contribution is 2.40. The molecule has 6 nitrogen and oxygen atoms in total. The van der Waals surface area contributed by atoms with E-state index in [2.05, 4.69) is 17.1 Å². The van der Waals surface area contributed by atoms with E-state index in [-0.39, 0.29) is 16.7 Å². The van der Waals surface area contributed by atoms with Crippen LogP contribution in [0.2, 0.25) is 0 Å². The summed E-state index contributed by atoms with van der Waals surface area (Å²) in [6, 6.07) is 5.17. The number of amides is 1. The lowest BCUT2D eigenvalue weighted by atomic mass is 10.1. The first-order valence-electron chi connectivity index (χ1n) is 10.1. The topological polar surface area (TPSA) is 69.7 Å². The first kappa shape index (κ1) is 20.1. The Hall–Kier alpha value is -1.60. The molecule has 2 aliphatic rings. The minimum Gasteiger partial charge on any atom is -0.370 e. The number of benzene rings is 1. The van der Waals surface area contributed by atoms with Crippen LogP contribution in [-0.4, -0.2) is 44.8 Å². The van der Waals surface area contributed by atoms with Gasteiger partial charge in [0.25, 0.3) is 0 Å². The molecule has 0 bridgehead atoms. The second-order valence-electron chi connectivity index (χ2n) is 7.62. The predicted octanol–water partition coefficient (Wildman–Crippen LogP) is 3.30. The number of hydrogen-bond donors (Lipinski definition) is 1. The van der Waals surface area contributed by atoms with Crippen molar-refractivity contribution in [1.29, 1.82) is 0 Å². The zero-order chi connectivity index (χ0) is 19.6. The molecule has 1 N–H and O–H groups in total. The summed E-state index contributed by atoms with van der Waals surface area (Å²) in [5, 5.41) is 3.02. The molecule has 1 saturated carbocycles. The van der Waals surface area contributed by atoms with Gasteiger partial charge >= 0.3 is 0 Å². The monoisotopic (exact) mass is 393 g/mol. The van der Waals surface area contributed by atoms with E-state index in [9.17, 15) is 13.2 Å². The number of rotatable bonds is 7. The molecular weight excluding hydrogens is 362 g/mol. The second kappa shape index (κ2) is 8.19. The third kappa shape index (κ3) is 4.29. The summed E-state index contributed by atoms with van der Waals surface area (Å²) in [6.45, 7) is 8.45. The fourth-order valence-electron chi connectivity index (χ4n) is 3.81. The second-order valence-corrected chi connectivity index (χ2v) is 9.56. The molecule has 2 atom stereocenters. The van der Waals surface area contributed by atoms with Crippen molar-refractivity contribution in [2.75, 3.05) is 36.4 Å². The number of carbonyl (C=O) groups excluding carboxylic acids is 1. The number of carbonyl (C=O) groups is 1. The van der Waals surface area contributed by atoms with Gasteiger partial charge in [-0.25, -0.2) is 8.42 Å². The molecule has 7 heteroatoms. The molecule has 0 spiro atoms. The molecule has 27 heavy (non-hydrogen) atoms. The van der Waals surface area contributed by atoms with E-state index < -0.39 is 10.0 Å². The van der Waals surface area contributed by atoms with Crippen LogP contribution in [0, 0.1) is 11.8 Å². The summed E-state index contributed by atoms with van der Waals surface area (Å²) in [5.74, 6) is 0.450. The predicted molar refractivity (Wildman–Crippen MR) is 109 cm³/mol. The average molecular weight is 394 g/mol. The van der Waals surface area contributed by atoms with Crippen LogP contribution in [0.5, 0.6) is 0 Å². The van der Waals surface area contributed by atoms with E-state index >= 15 is 0 Å².